The number of esters is 2. The number of anilines is 1. The van der Waals surface area contributed by atoms with Crippen LogP contribution in [0.2, 0.25) is 0 Å². The van der Waals surface area contributed by atoms with Crippen LogP contribution in [0, 0.1) is 5.92 Å². The molecule has 0 aliphatic heterocycles. The van der Waals surface area contributed by atoms with Crippen LogP contribution in [0.25, 0.3) is 0 Å². The number of amides is 1. The first-order valence-corrected chi connectivity index (χ1v) is 8.99. The summed E-state index contributed by atoms with van der Waals surface area (Å²) in [5.74, 6) is -1.30. The van der Waals surface area contributed by atoms with Crippen LogP contribution in [0.3, 0.4) is 0 Å². The van der Waals surface area contributed by atoms with Gasteiger partial charge in [-0.3, -0.25) is 9.59 Å². The molecule has 2 rings (SSSR count). The molecule has 1 aromatic carbocycles. The molecule has 6 heteroatoms. The van der Waals surface area contributed by atoms with Crippen molar-refractivity contribution in [3.63, 3.8) is 0 Å². The Kier molecular flexibility index (Phi) is 7.86. The fraction of sp³-hybridized carbons (Fsp3) is 0.450. The summed E-state index contributed by atoms with van der Waals surface area (Å²) in [6.07, 6.45) is 8.07. The SMILES string of the molecule is CCCCOC(=O)c1ccc(NC(=O)COC(=O)[C@H]2CC=CCC2)cc1. The van der Waals surface area contributed by atoms with Gasteiger partial charge in [-0.25, -0.2) is 4.79 Å². The third-order valence-electron chi connectivity index (χ3n) is 4.08. The third kappa shape index (κ3) is 6.35. The van der Waals surface area contributed by atoms with Crippen molar-refractivity contribution in [2.24, 2.45) is 5.92 Å². The molecule has 1 aromatic rings. The minimum atomic E-state index is -0.414. The number of hydrogen-bond donors (Lipinski definition) is 1. The molecular formula is C20H25NO5. The number of benzene rings is 1. The Morgan fingerprint density at radius 3 is 2.54 bits per heavy atom. The largest absolute Gasteiger partial charge is 0.462 e. The smallest absolute Gasteiger partial charge is 0.338 e. The molecule has 1 N–H and O–H groups in total. The van der Waals surface area contributed by atoms with Crippen molar-refractivity contribution in [2.45, 2.75) is 39.0 Å². The van der Waals surface area contributed by atoms with Crippen molar-refractivity contribution in [3.8, 4) is 0 Å². The summed E-state index contributed by atoms with van der Waals surface area (Å²) in [7, 11) is 0. The van der Waals surface area contributed by atoms with Crippen LogP contribution in [-0.2, 0) is 19.1 Å². The molecule has 0 aromatic heterocycles. The standard InChI is InChI=1S/C20H25NO5/c1-2-3-13-25-19(23)16-9-11-17(12-10-16)21-18(22)14-26-20(24)15-7-5-4-6-8-15/h4-5,9-12,15H,2-3,6-8,13-14H2,1H3,(H,21,22)/t15-/m0/s1. The second-order valence-electron chi connectivity index (χ2n) is 6.20. The molecule has 0 radical (unpaired) electrons. The summed E-state index contributed by atoms with van der Waals surface area (Å²) < 4.78 is 10.2. The van der Waals surface area contributed by atoms with E-state index in [1.54, 1.807) is 24.3 Å². The average Bonchev–Trinajstić information content (AvgIpc) is 2.67. The van der Waals surface area contributed by atoms with E-state index in [4.69, 9.17) is 9.47 Å². The molecule has 0 fully saturated rings. The van der Waals surface area contributed by atoms with Gasteiger partial charge in [0.05, 0.1) is 18.1 Å². The zero-order valence-corrected chi connectivity index (χ0v) is 15.0. The van der Waals surface area contributed by atoms with Gasteiger partial charge in [0.25, 0.3) is 5.91 Å². The molecule has 1 aliphatic carbocycles. The van der Waals surface area contributed by atoms with E-state index in [2.05, 4.69) is 5.32 Å². The lowest BCUT2D eigenvalue weighted by molar-refractivity contribution is -0.151. The number of carbonyl (C=O) groups excluding carboxylic acids is 3. The maximum absolute atomic E-state index is 11.9. The van der Waals surface area contributed by atoms with E-state index in [9.17, 15) is 14.4 Å². The quantitative estimate of drug-likeness (QED) is 0.436. The zero-order chi connectivity index (χ0) is 18.8. The van der Waals surface area contributed by atoms with Gasteiger partial charge in [0.15, 0.2) is 6.61 Å². The van der Waals surface area contributed by atoms with Gasteiger partial charge < -0.3 is 14.8 Å². The van der Waals surface area contributed by atoms with E-state index >= 15 is 0 Å². The summed E-state index contributed by atoms with van der Waals surface area (Å²) in [6.45, 7) is 2.10. The van der Waals surface area contributed by atoms with Crippen LogP contribution >= 0.6 is 0 Å². The van der Waals surface area contributed by atoms with Crippen LogP contribution in [-0.4, -0.2) is 31.1 Å². The van der Waals surface area contributed by atoms with Crippen LogP contribution < -0.4 is 5.32 Å². The van der Waals surface area contributed by atoms with E-state index in [1.165, 1.54) is 0 Å². The van der Waals surface area contributed by atoms with Crippen molar-refractivity contribution in [2.75, 3.05) is 18.5 Å². The summed E-state index contributed by atoms with van der Waals surface area (Å²) in [6, 6.07) is 6.40. The zero-order valence-electron chi connectivity index (χ0n) is 15.0. The van der Waals surface area contributed by atoms with Gasteiger partial charge in [0.2, 0.25) is 0 Å². The third-order valence-corrected chi connectivity index (χ3v) is 4.08. The number of carbonyl (C=O) groups is 3. The first-order chi connectivity index (χ1) is 12.6. The van der Waals surface area contributed by atoms with Crippen LogP contribution in [0.15, 0.2) is 36.4 Å². The fourth-order valence-electron chi connectivity index (χ4n) is 2.54. The molecule has 140 valence electrons. The monoisotopic (exact) mass is 359 g/mol. The van der Waals surface area contributed by atoms with Crippen molar-refractivity contribution in [3.05, 3.63) is 42.0 Å². The topological polar surface area (TPSA) is 81.7 Å². The van der Waals surface area contributed by atoms with Gasteiger partial charge in [-0.15, -0.1) is 0 Å². The van der Waals surface area contributed by atoms with Gasteiger partial charge >= 0.3 is 11.9 Å². The lowest BCUT2D eigenvalue weighted by atomic mass is 9.95. The highest BCUT2D eigenvalue weighted by atomic mass is 16.5. The molecule has 1 aliphatic rings. The number of allylic oxidation sites excluding steroid dienone is 2. The predicted molar refractivity (Wildman–Crippen MR) is 97.7 cm³/mol. The minimum Gasteiger partial charge on any atom is -0.462 e. The average molecular weight is 359 g/mol. The number of rotatable bonds is 8. The molecule has 0 unspecified atom stereocenters. The Hall–Kier alpha value is -2.63. The summed E-state index contributed by atoms with van der Waals surface area (Å²) in [5, 5.41) is 2.64. The maximum Gasteiger partial charge on any atom is 0.338 e. The molecule has 0 spiro atoms. The highest BCUT2D eigenvalue weighted by Crippen LogP contribution is 2.19. The number of unbranched alkanes of at least 4 members (excludes halogenated alkanes) is 1. The van der Waals surface area contributed by atoms with E-state index in [0.717, 1.165) is 25.7 Å². The first kappa shape index (κ1) is 19.7. The predicted octanol–water partition coefficient (Wildman–Crippen LogP) is 3.48. The van der Waals surface area contributed by atoms with Gasteiger partial charge in [0.1, 0.15) is 0 Å². The molecule has 1 atom stereocenters. The van der Waals surface area contributed by atoms with Crippen LogP contribution in [0.5, 0.6) is 0 Å². The molecule has 6 nitrogen and oxygen atoms in total. The molecule has 0 saturated heterocycles. The van der Waals surface area contributed by atoms with Crippen molar-refractivity contribution < 1.29 is 23.9 Å². The highest BCUT2D eigenvalue weighted by molar-refractivity contribution is 5.94. The first-order valence-electron chi connectivity index (χ1n) is 8.99. The molecule has 0 heterocycles. The van der Waals surface area contributed by atoms with Crippen LogP contribution in [0.4, 0.5) is 5.69 Å². The Labute approximate surface area is 153 Å². The molecular weight excluding hydrogens is 334 g/mol. The van der Waals surface area contributed by atoms with E-state index in [0.29, 0.717) is 24.3 Å². The van der Waals surface area contributed by atoms with Crippen molar-refractivity contribution >= 4 is 23.5 Å². The lowest BCUT2D eigenvalue weighted by Gasteiger charge is -2.16. The summed E-state index contributed by atoms with van der Waals surface area (Å²) in [5.41, 5.74) is 0.952. The second-order valence-corrected chi connectivity index (χ2v) is 6.20. The van der Waals surface area contributed by atoms with E-state index in [1.807, 2.05) is 19.1 Å². The van der Waals surface area contributed by atoms with Crippen molar-refractivity contribution in [1.82, 2.24) is 0 Å². The van der Waals surface area contributed by atoms with Gasteiger partial charge in [0, 0.05) is 5.69 Å². The molecule has 1 amide bonds. The summed E-state index contributed by atoms with van der Waals surface area (Å²) >= 11 is 0. The Balaban J connectivity index is 1.75. The Morgan fingerprint density at radius 1 is 1.12 bits per heavy atom. The molecule has 26 heavy (non-hydrogen) atoms. The lowest BCUT2D eigenvalue weighted by Crippen LogP contribution is -2.25. The number of hydrogen-bond acceptors (Lipinski definition) is 5. The normalized spacial score (nSPS) is 16.0. The Morgan fingerprint density at radius 2 is 1.88 bits per heavy atom. The van der Waals surface area contributed by atoms with Crippen molar-refractivity contribution in [1.29, 1.82) is 0 Å². The van der Waals surface area contributed by atoms with Crippen LogP contribution in [0.1, 0.15) is 49.4 Å². The van der Waals surface area contributed by atoms with E-state index in [-0.39, 0.29) is 24.5 Å². The maximum atomic E-state index is 11.9. The Bertz CT molecular complexity index is 651. The van der Waals surface area contributed by atoms with Gasteiger partial charge in [-0.2, -0.15) is 0 Å². The fourth-order valence-corrected chi connectivity index (χ4v) is 2.54. The second kappa shape index (κ2) is 10.4. The minimum absolute atomic E-state index is 0.161. The van der Waals surface area contributed by atoms with E-state index < -0.39 is 5.91 Å². The number of ether oxygens (including phenoxy) is 2. The number of nitrogens with one attached hydrogen (secondary N) is 1. The molecule has 0 saturated carbocycles. The molecule has 0 bridgehead atoms. The van der Waals surface area contributed by atoms with Gasteiger partial charge in [-0.05, 0) is 49.9 Å². The summed E-state index contributed by atoms with van der Waals surface area (Å²) in [4.78, 5) is 35.6. The van der Waals surface area contributed by atoms with Gasteiger partial charge in [-0.1, -0.05) is 25.5 Å². The highest BCUT2D eigenvalue weighted by Gasteiger charge is 2.21.